The van der Waals surface area contributed by atoms with Gasteiger partial charge in [0.2, 0.25) is 0 Å². The van der Waals surface area contributed by atoms with Crippen LogP contribution in [0.15, 0.2) is 18.2 Å². The average molecular weight is 395 g/mol. The second-order valence-corrected chi connectivity index (χ2v) is 7.72. The number of benzene rings is 1. The number of Topliss-reactive ketones (excluding diaryl/α,β-unsaturated/α-hetero) is 2. The van der Waals surface area contributed by atoms with E-state index in [0.29, 0.717) is 0 Å². The summed E-state index contributed by atoms with van der Waals surface area (Å²) in [4.78, 5) is 37.5. The molecule has 0 bridgehead atoms. The molecule has 0 aliphatic rings. The molecular weight excluding hydrogens is 366 g/mol. The highest BCUT2D eigenvalue weighted by atomic mass is 16.3. The first-order valence-corrected chi connectivity index (χ1v) is 9.08. The van der Waals surface area contributed by atoms with E-state index in [-0.39, 0.29) is 47.6 Å². The molecule has 28 heavy (non-hydrogen) atoms. The second kappa shape index (κ2) is 10.4. The number of amides is 1. The van der Waals surface area contributed by atoms with Crippen LogP contribution < -0.4 is 5.32 Å². The molecule has 0 saturated carbocycles. The van der Waals surface area contributed by atoms with Gasteiger partial charge in [-0.05, 0) is 24.6 Å². The van der Waals surface area contributed by atoms with Crippen LogP contribution in [0.5, 0.6) is 0 Å². The van der Waals surface area contributed by atoms with Crippen molar-refractivity contribution in [3.63, 3.8) is 0 Å². The molecule has 0 heterocycles. The molecule has 0 radical (unpaired) electrons. The fraction of sp³-hybridized carbons (Fsp3) is 0.550. The molecule has 1 aromatic rings. The maximum Gasteiger partial charge on any atom is 0.251 e. The minimum Gasteiger partial charge on any atom is -0.394 e. The lowest BCUT2D eigenvalue weighted by Gasteiger charge is -2.18. The van der Waals surface area contributed by atoms with Gasteiger partial charge in [-0.2, -0.15) is 0 Å². The van der Waals surface area contributed by atoms with Crippen molar-refractivity contribution in [2.45, 2.75) is 45.8 Å². The lowest BCUT2D eigenvalue weighted by molar-refractivity contribution is 0.0779. The zero-order chi connectivity index (χ0) is 21.5. The number of ketones is 2. The van der Waals surface area contributed by atoms with Crippen molar-refractivity contribution in [3.8, 4) is 0 Å². The van der Waals surface area contributed by atoms with Crippen LogP contribution >= 0.6 is 0 Å². The number of hydrogen-bond acceptors (Lipinski definition) is 7. The molecule has 1 amide bonds. The molecule has 0 aromatic heterocycles. The zero-order valence-corrected chi connectivity index (χ0v) is 16.4. The van der Waals surface area contributed by atoms with Gasteiger partial charge in [0.15, 0.2) is 11.6 Å². The van der Waals surface area contributed by atoms with Crippen molar-refractivity contribution in [1.82, 2.24) is 5.32 Å². The largest absolute Gasteiger partial charge is 0.394 e. The van der Waals surface area contributed by atoms with E-state index in [1.165, 1.54) is 18.2 Å². The van der Waals surface area contributed by atoms with Gasteiger partial charge in [-0.25, -0.2) is 0 Å². The maximum absolute atomic E-state index is 12.7. The molecule has 8 heteroatoms. The molecule has 8 nitrogen and oxygen atoms in total. The summed E-state index contributed by atoms with van der Waals surface area (Å²) in [5, 5.41) is 38.9. The van der Waals surface area contributed by atoms with E-state index in [9.17, 15) is 24.6 Å². The highest BCUT2D eigenvalue weighted by Gasteiger charge is 2.25. The fourth-order valence-electron chi connectivity index (χ4n) is 2.39. The Balaban J connectivity index is 3.19. The Morgan fingerprint density at radius 1 is 0.929 bits per heavy atom. The first kappa shape index (κ1) is 23.9. The number of aliphatic hydroxyl groups excluding tert-OH is 4. The summed E-state index contributed by atoms with van der Waals surface area (Å²) in [5.41, 5.74) is -0.302. The molecule has 0 saturated heterocycles. The van der Waals surface area contributed by atoms with E-state index in [0.717, 1.165) is 0 Å². The van der Waals surface area contributed by atoms with Gasteiger partial charge in [0.1, 0.15) is 0 Å². The van der Waals surface area contributed by atoms with Crippen LogP contribution in [0.3, 0.4) is 0 Å². The van der Waals surface area contributed by atoms with E-state index in [1.807, 2.05) is 0 Å². The molecule has 156 valence electrons. The molecule has 2 unspecified atom stereocenters. The Kier molecular flexibility index (Phi) is 8.90. The van der Waals surface area contributed by atoms with Gasteiger partial charge in [-0.3, -0.25) is 14.4 Å². The lowest BCUT2D eigenvalue weighted by atomic mass is 9.85. The molecule has 0 spiro atoms. The number of aliphatic hydroxyl groups is 4. The third kappa shape index (κ3) is 7.12. The van der Waals surface area contributed by atoms with E-state index in [4.69, 9.17) is 10.2 Å². The summed E-state index contributed by atoms with van der Waals surface area (Å²) < 4.78 is 0. The predicted molar refractivity (Wildman–Crippen MR) is 102 cm³/mol. The Labute approximate surface area is 164 Å². The topological polar surface area (TPSA) is 144 Å². The van der Waals surface area contributed by atoms with E-state index < -0.39 is 36.7 Å². The van der Waals surface area contributed by atoms with Gasteiger partial charge >= 0.3 is 0 Å². The van der Waals surface area contributed by atoms with Crippen LogP contribution in [0, 0.1) is 5.41 Å². The van der Waals surface area contributed by atoms with Gasteiger partial charge in [0.05, 0.1) is 25.4 Å². The third-order valence-corrected chi connectivity index (χ3v) is 4.08. The second-order valence-electron chi connectivity index (χ2n) is 7.72. The van der Waals surface area contributed by atoms with Crippen molar-refractivity contribution >= 4 is 17.5 Å². The maximum atomic E-state index is 12.7. The number of nitrogens with one attached hydrogen (secondary N) is 1. The normalized spacial score (nSPS) is 13.7. The molecule has 1 aromatic carbocycles. The summed E-state index contributed by atoms with van der Waals surface area (Å²) in [5.74, 6) is -1.22. The molecule has 1 rings (SSSR count). The quantitative estimate of drug-likeness (QED) is 0.359. The van der Waals surface area contributed by atoms with E-state index in [1.54, 1.807) is 20.8 Å². The summed E-state index contributed by atoms with van der Waals surface area (Å²) >= 11 is 0. The molecule has 2 atom stereocenters. The van der Waals surface area contributed by atoms with Crippen molar-refractivity contribution in [1.29, 1.82) is 0 Å². The highest BCUT2D eigenvalue weighted by molar-refractivity contribution is 6.07. The summed E-state index contributed by atoms with van der Waals surface area (Å²) in [6, 6.07) is 4.14. The number of rotatable bonds is 10. The van der Waals surface area contributed by atoms with Crippen molar-refractivity contribution in [2.75, 3.05) is 19.8 Å². The zero-order valence-electron chi connectivity index (χ0n) is 16.4. The van der Waals surface area contributed by atoms with E-state index in [2.05, 4.69) is 5.32 Å². The molecule has 0 aliphatic heterocycles. The third-order valence-electron chi connectivity index (χ3n) is 4.08. The predicted octanol–water partition coefficient (Wildman–Crippen LogP) is 0.314. The Hall–Kier alpha value is -2.13. The van der Waals surface area contributed by atoms with Gasteiger partial charge in [-0.15, -0.1) is 0 Å². The Morgan fingerprint density at radius 3 is 2.00 bits per heavy atom. The summed E-state index contributed by atoms with van der Waals surface area (Å²) in [6.07, 6.45) is -2.15. The summed E-state index contributed by atoms with van der Waals surface area (Å²) in [7, 11) is 0. The van der Waals surface area contributed by atoms with Crippen LogP contribution in [0.4, 0.5) is 0 Å². The van der Waals surface area contributed by atoms with Gasteiger partial charge in [-0.1, -0.05) is 20.8 Å². The molecule has 0 aliphatic carbocycles. The number of carbonyl (C=O) groups excluding carboxylic acids is 3. The highest BCUT2D eigenvalue weighted by Crippen LogP contribution is 2.23. The fourth-order valence-corrected chi connectivity index (χ4v) is 2.39. The number of hydrogen-bond donors (Lipinski definition) is 5. The smallest absolute Gasteiger partial charge is 0.251 e. The van der Waals surface area contributed by atoms with Crippen LogP contribution in [0.2, 0.25) is 0 Å². The van der Waals surface area contributed by atoms with Crippen LogP contribution in [0.25, 0.3) is 0 Å². The monoisotopic (exact) mass is 395 g/mol. The Morgan fingerprint density at radius 2 is 1.46 bits per heavy atom. The first-order chi connectivity index (χ1) is 13.0. The molecular formula is C20H29NO7. The standard InChI is InChI=1S/C20H29NO7/c1-20(2,3)18(27)13-6-12(17(26)5-4-15(24)10-22)7-14(8-13)19(28)21-9-16(25)11-23/h6-8,15-16,22-25H,4-5,9-11H2,1-3H3,(H,21,28). The van der Waals surface area contributed by atoms with Gasteiger partial charge in [0.25, 0.3) is 5.91 Å². The average Bonchev–Trinajstić information content (AvgIpc) is 2.67. The SMILES string of the molecule is CC(C)(C)C(=O)c1cc(C(=O)CCC(O)CO)cc(C(=O)NCC(O)CO)c1. The first-order valence-electron chi connectivity index (χ1n) is 9.08. The van der Waals surface area contributed by atoms with E-state index >= 15 is 0 Å². The minimum absolute atomic E-state index is 0.0526. The van der Waals surface area contributed by atoms with Crippen LogP contribution in [-0.4, -0.2) is 69.9 Å². The Bertz CT molecular complexity index is 665. The number of carbonyl (C=O) groups is 3. The van der Waals surface area contributed by atoms with Gasteiger partial charge in [0, 0.05) is 35.1 Å². The molecule has 5 N–H and O–H groups in total. The lowest BCUT2D eigenvalue weighted by Crippen LogP contribution is -2.34. The minimum atomic E-state index is -1.12. The van der Waals surface area contributed by atoms with Crippen molar-refractivity contribution in [3.05, 3.63) is 34.9 Å². The van der Waals surface area contributed by atoms with Crippen molar-refractivity contribution in [2.24, 2.45) is 5.41 Å². The van der Waals surface area contributed by atoms with Crippen LogP contribution in [-0.2, 0) is 0 Å². The van der Waals surface area contributed by atoms with Crippen LogP contribution in [0.1, 0.15) is 64.7 Å². The van der Waals surface area contributed by atoms with Gasteiger partial charge < -0.3 is 25.7 Å². The summed E-state index contributed by atoms with van der Waals surface area (Å²) in [6.45, 7) is 4.01. The van der Waals surface area contributed by atoms with Crippen molar-refractivity contribution < 1.29 is 34.8 Å². The molecule has 0 fully saturated rings.